The molecule has 2 N–H and O–H groups in total. The van der Waals surface area contributed by atoms with Gasteiger partial charge in [-0.25, -0.2) is 0 Å². The van der Waals surface area contributed by atoms with E-state index in [0.29, 0.717) is 5.54 Å². The average Bonchev–Trinajstić information content (AvgIpc) is 2.36. The first-order valence-corrected chi connectivity index (χ1v) is 7.56. The van der Waals surface area contributed by atoms with Gasteiger partial charge in [-0.15, -0.1) is 0 Å². The first-order valence-electron chi connectivity index (χ1n) is 7.56. The maximum atomic E-state index is 6.07. The van der Waals surface area contributed by atoms with Crippen LogP contribution in [0.15, 0.2) is 0 Å². The smallest absolute Gasteiger partial charge is 0.0328 e. The van der Waals surface area contributed by atoms with E-state index in [9.17, 15) is 0 Å². The molecular formula is C15H32N2. The molecule has 0 aromatic heterocycles. The lowest BCUT2D eigenvalue weighted by Crippen LogP contribution is -2.54. The maximum Gasteiger partial charge on any atom is 0.0328 e. The number of likely N-dealkylation sites (N-methyl/N-ethyl adjacent to an activating group) is 1. The molecule has 1 rings (SSSR count). The Morgan fingerprint density at radius 3 is 2.35 bits per heavy atom. The lowest BCUT2D eigenvalue weighted by atomic mass is 9.76. The Morgan fingerprint density at radius 2 is 1.82 bits per heavy atom. The minimum Gasteiger partial charge on any atom is -0.329 e. The summed E-state index contributed by atoms with van der Waals surface area (Å²) in [7, 11) is 2.29. The molecule has 0 amide bonds. The summed E-state index contributed by atoms with van der Waals surface area (Å²) >= 11 is 0. The van der Waals surface area contributed by atoms with Gasteiger partial charge in [-0.1, -0.05) is 33.1 Å². The molecule has 0 spiro atoms. The van der Waals surface area contributed by atoms with Crippen LogP contribution >= 0.6 is 0 Å². The zero-order valence-electron chi connectivity index (χ0n) is 12.2. The molecule has 102 valence electrons. The molecule has 0 heterocycles. The molecule has 2 heteroatoms. The van der Waals surface area contributed by atoms with Crippen LogP contribution in [0.1, 0.15) is 65.2 Å². The molecule has 1 aliphatic carbocycles. The standard InChI is InChI=1S/C15H32N2/c1-4-5-6-7-12-17(3)15(13-16)10-8-14(2)9-11-15/h14H,4-13,16H2,1-3H3. The summed E-state index contributed by atoms with van der Waals surface area (Å²) < 4.78 is 0. The minimum absolute atomic E-state index is 0.318. The van der Waals surface area contributed by atoms with E-state index in [2.05, 4.69) is 25.8 Å². The average molecular weight is 240 g/mol. The lowest BCUT2D eigenvalue weighted by Gasteiger charge is -2.45. The Balaban J connectivity index is 2.37. The molecule has 1 fully saturated rings. The molecule has 1 aliphatic rings. The van der Waals surface area contributed by atoms with Crippen LogP contribution in [0.2, 0.25) is 0 Å². The quantitative estimate of drug-likeness (QED) is 0.691. The van der Waals surface area contributed by atoms with Gasteiger partial charge in [-0.05, 0) is 51.6 Å². The van der Waals surface area contributed by atoms with Crippen LogP contribution in [0, 0.1) is 5.92 Å². The largest absolute Gasteiger partial charge is 0.329 e. The van der Waals surface area contributed by atoms with Crippen molar-refractivity contribution in [2.75, 3.05) is 20.1 Å². The van der Waals surface area contributed by atoms with Gasteiger partial charge in [-0.2, -0.15) is 0 Å². The third-order valence-electron chi connectivity index (χ3n) is 4.74. The van der Waals surface area contributed by atoms with E-state index < -0.39 is 0 Å². The molecule has 0 saturated heterocycles. The van der Waals surface area contributed by atoms with E-state index in [-0.39, 0.29) is 0 Å². The number of hydrogen-bond acceptors (Lipinski definition) is 2. The van der Waals surface area contributed by atoms with E-state index in [0.717, 1.165) is 12.5 Å². The Hall–Kier alpha value is -0.0800. The molecule has 0 aromatic carbocycles. The van der Waals surface area contributed by atoms with E-state index in [1.54, 1.807) is 0 Å². The van der Waals surface area contributed by atoms with Crippen LogP contribution in [0.4, 0.5) is 0 Å². The summed E-state index contributed by atoms with van der Waals surface area (Å²) in [5.74, 6) is 0.906. The molecule has 0 atom stereocenters. The van der Waals surface area contributed by atoms with Gasteiger partial charge in [0.2, 0.25) is 0 Å². The highest BCUT2D eigenvalue weighted by molar-refractivity contribution is 4.94. The van der Waals surface area contributed by atoms with Gasteiger partial charge in [0.15, 0.2) is 0 Å². The SMILES string of the molecule is CCCCCCN(C)C1(CN)CCC(C)CC1. The van der Waals surface area contributed by atoms with Crippen molar-refractivity contribution in [3.05, 3.63) is 0 Å². The topological polar surface area (TPSA) is 29.3 Å². The Kier molecular flexibility index (Phi) is 6.50. The number of unbranched alkanes of at least 4 members (excludes halogenated alkanes) is 3. The Bertz CT molecular complexity index is 195. The van der Waals surface area contributed by atoms with Crippen LogP contribution in [0.5, 0.6) is 0 Å². The van der Waals surface area contributed by atoms with Crippen molar-refractivity contribution < 1.29 is 0 Å². The summed E-state index contributed by atoms with van der Waals surface area (Å²) in [5, 5.41) is 0. The van der Waals surface area contributed by atoms with Gasteiger partial charge in [0.1, 0.15) is 0 Å². The van der Waals surface area contributed by atoms with Crippen LogP contribution in [0.25, 0.3) is 0 Å². The van der Waals surface area contributed by atoms with Gasteiger partial charge in [0.05, 0.1) is 0 Å². The second-order valence-electron chi connectivity index (χ2n) is 6.09. The lowest BCUT2D eigenvalue weighted by molar-refractivity contribution is 0.0664. The van der Waals surface area contributed by atoms with Crippen molar-refractivity contribution >= 4 is 0 Å². The summed E-state index contributed by atoms with van der Waals surface area (Å²) in [6.07, 6.45) is 10.7. The molecule has 2 nitrogen and oxygen atoms in total. The summed E-state index contributed by atoms with van der Waals surface area (Å²) in [6.45, 7) is 6.71. The minimum atomic E-state index is 0.318. The Labute approximate surface area is 108 Å². The fourth-order valence-electron chi connectivity index (χ4n) is 3.05. The Morgan fingerprint density at radius 1 is 1.18 bits per heavy atom. The van der Waals surface area contributed by atoms with Crippen molar-refractivity contribution in [3.63, 3.8) is 0 Å². The molecule has 0 aromatic rings. The van der Waals surface area contributed by atoms with Gasteiger partial charge >= 0.3 is 0 Å². The molecule has 0 aliphatic heterocycles. The van der Waals surface area contributed by atoms with E-state index in [4.69, 9.17) is 5.73 Å². The number of nitrogens with zero attached hydrogens (tertiary/aromatic N) is 1. The van der Waals surface area contributed by atoms with E-state index in [1.807, 2.05) is 0 Å². The first-order chi connectivity index (χ1) is 8.14. The van der Waals surface area contributed by atoms with Crippen molar-refractivity contribution in [2.24, 2.45) is 11.7 Å². The van der Waals surface area contributed by atoms with Crippen LogP contribution < -0.4 is 5.73 Å². The highest BCUT2D eigenvalue weighted by atomic mass is 15.2. The molecule has 1 saturated carbocycles. The van der Waals surface area contributed by atoms with Crippen LogP contribution in [-0.4, -0.2) is 30.6 Å². The third kappa shape index (κ3) is 4.26. The molecule has 0 unspecified atom stereocenters. The van der Waals surface area contributed by atoms with Gasteiger partial charge in [-0.3, -0.25) is 4.90 Å². The number of rotatable bonds is 7. The van der Waals surface area contributed by atoms with Crippen LogP contribution in [0.3, 0.4) is 0 Å². The van der Waals surface area contributed by atoms with Crippen molar-refractivity contribution in [1.29, 1.82) is 0 Å². The fourth-order valence-corrected chi connectivity index (χ4v) is 3.05. The van der Waals surface area contributed by atoms with Gasteiger partial charge in [0, 0.05) is 12.1 Å². The monoisotopic (exact) mass is 240 g/mol. The first kappa shape index (κ1) is 15.0. The normalized spacial score (nSPS) is 29.8. The molecule has 0 radical (unpaired) electrons. The molecule has 0 bridgehead atoms. The predicted octanol–water partition coefficient (Wildman–Crippen LogP) is 3.41. The molecule has 17 heavy (non-hydrogen) atoms. The van der Waals surface area contributed by atoms with Gasteiger partial charge < -0.3 is 5.73 Å². The summed E-state index contributed by atoms with van der Waals surface area (Å²) in [5.41, 5.74) is 6.39. The van der Waals surface area contributed by atoms with Crippen LogP contribution in [-0.2, 0) is 0 Å². The fraction of sp³-hybridized carbons (Fsp3) is 1.00. The molecular weight excluding hydrogens is 208 g/mol. The predicted molar refractivity (Wildman–Crippen MR) is 76.2 cm³/mol. The number of nitrogens with two attached hydrogens (primary N) is 1. The summed E-state index contributed by atoms with van der Waals surface area (Å²) in [6, 6.07) is 0. The highest BCUT2D eigenvalue weighted by Crippen LogP contribution is 2.35. The van der Waals surface area contributed by atoms with Crippen molar-refractivity contribution in [3.8, 4) is 0 Å². The summed E-state index contributed by atoms with van der Waals surface area (Å²) in [4.78, 5) is 2.56. The number of hydrogen-bond donors (Lipinski definition) is 1. The second-order valence-corrected chi connectivity index (χ2v) is 6.09. The maximum absolute atomic E-state index is 6.07. The van der Waals surface area contributed by atoms with Gasteiger partial charge in [0.25, 0.3) is 0 Å². The van der Waals surface area contributed by atoms with Crippen molar-refractivity contribution in [2.45, 2.75) is 70.8 Å². The van der Waals surface area contributed by atoms with E-state index >= 15 is 0 Å². The second kappa shape index (κ2) is 7.38. The van der Waals surface area contributed by atoms with Crippen molar-refractivity contribution in [1.82, 2.24) is 4.90 Å². The zero-order valence-corrected chi connectivity index (χ0v) is 12.2. The third-order valence-corrected chi connectivity index (χ3v) is 4.74. The van der Waals surface area contributed by atoms with E-state index in [1.165, 1.54) is 57.9 Å². The highest BCUT2D eigenvalue weighted by Gasteiger charge is 2.35. The zero-order chi connectivity index (χ0) is 12.7.